The number of nitrogens with one attached hydrogen (secondary N) is 2. The maximum absolute atomic E-state index is 13.7. The van der Waals surface area contributed by atoms with Crippen LogP contribution in [0.15, 0.2) is 27.0 Å². The van der Waals surface area contributed by atoms with Crippen molar-refractivity contribution in [2.24, 2.45) is 0 Å². The topological polar surface area (TPSA) is 66.9 Å². The van der Waals surface area contributed by atoms with Gasteiger partial charge in [-0.3, -0.25) is 4.79 Å². The third-order valence-electron chi connectivity index (χ3n) is 2.46. The second-order valence-corrected chi connectivity index (χ2v) is 7.48. The van der Waals surface area contributed by atoms with Crippen LogP contribution in [0.1, 0.15) is 6.92 Å². The van der Waals surface area contributed by atoms with Crippen molar-refractivity contribution in [3.05, 3.63) is 28.5 Å². The maximum Gasteiger partial charge on any atom is 0.237 e. The second kappa shape index (κ2) is 7.19. The van der Waals surface area contributed by atoms with Crippen LogP contribution >= 0.6 is 39.0 Å². The second-order valence-electron chi connectivity index (χ2n) is 4.00. The van der Waals surface area contributed by atoms with E-state index in [0.717, 1.165) is 0 Å². The van der Waals surface area contributed by atoms with E-state index in [1.165, 1.54) is 35.2 Å². The Morgan fingerprint density at radius 1 is 1.48 bits per heavy atom. The minimum Gasteiger partial charge on any atom is -0.363 e. The Hall–Kier alpha value is -1.19. The summed E-state index contributed by atoms with van der Waals surface area (Å²) in [5.41, 5.74) is 0.156. The summed E-state index contributed by atoms with van der Waals surface area (Å²) in [6.45, 7) is 1.73. The number of rotatable bonds is 5. The van der Waals surface area contributed by atoms with Crippen molar-refractivity contribution in [2.45, 2.75) is 16.5 Å². The molecule has 0 aliphatic heterocycles. The minimum atomic E-state index is -0.483. The molecule has 0 saturated carbocycles. The number of carbonyl (C=O) groups excluding carboxylic acids is 1. The summed E-state index contributed by atoms with van der Waals surface area (Å²) in [7, 11) is 1.75. The molecular formula is C12H12BrFN4OS2. The Labute approximate surface area is 137 Å². The number of anilines is 2. The van der Waals surface area contributed by atoms with Crippen molar-refractivity contribution < 1.29 is 9.18 Å². The number of amides is 1. The van der Waals surface area contributed by atoms with Gasteiger partial charge in [0.05, 0.1) is 10.9 Å². The molecule has 21 heavy (non-hydrogen) atoms. The molecule has 0 aliphatic carbocycles. The highest BCUT2D eigenvalue weighted by atomic mass is 79.9. The molecule has 112 valence electrons. The number of benzene rings is 1. The Kier molecular flexibility index (Phi) is 5.54. The molecule has 0 radical (unpaired) electrons. The fourth-order valence-electron chi connectivity index (χ4n) is 1.39. The SMILES string of the molecule is CNc1nnc(S[C@H](C)C(=O)Nc2ccc(Br)cc2F)s1. The molecule has 1 aromatic heterocycles. The molecule has 0 aliphatic rings. The van der Waals surface area contributed by atoms with E-state index in [9.17, 15) is 9.18 Å². The van der Waals surface area contributed by atoms with E-state index in [1.807, 2.05) is 0 Å². The first kappa shape index (κ1) is 16.2. The van der Waals surface area contributed by atoms with Crippen LogP contribution in [0.25, 0.3) is 0 Å². The molecule has 0 unspecified atom stereocenters. The van der Waals surface area contributed by atoms with Crippen molar-refractivity contribution >= 4 is 55.8 Å². The largest absolute Gasteiger partial charge is 0.363 e. The zero-order valence-electron chi connectivity index (χ0n) is 11.2. The molecule has 1 aromatic carbocycles. The Morgan fingerprint density at radius 2 is 2.24 bits per heavy atom. The highest BCUT2D eigenvalue weighted by Gasteiger charge is 2.18. The predicted molar refractivity (Wildman–Crippen MR) is 87.5 cm³/mol. The molecule has 0 spiro atoms. The third-order valence-corrected chi connectivity index (χ3v) is 5.07. The van der Waals surface area contributed by atoms with Crippen LogP contribution in [-0.2, 0) is 4.79 Å². The first-order chi connectivity index (χ1) is 9.99. The fourth-order valence-corrected chi connectivity index (χ4v) is 3.57. The average Bonchev–Trinajstić information content (AvgIpc) is 2.89. The summed E-state index contributed by atoms with van der Waals surface area (Å²) in [5, 5.41) is 13.6. The lowest BCUT2D eigenvalue weighted by Crippen LogP contribution is -2.22. The number of hydrogen-bond acceptors (Lipinski definition) is 6. The molecule has 5 nitrogen and oxygen atoms in total. The predicted octanol–water partition coefficient (Wildman–Crippen LogP) is 3.60. The molecular weight excluding hydrogens is 379 g/mol. The van der Waals surface area contributed by atoms with Gasteiger partial charge in [0.15, 0.2) is 4.34 Å². The lowest BCUT2D eigenvalue weighted by molar-refractivity contribution is -0.115. The van der Waals surface area contributed by atoms with Gasteiger partial charge in [-0.05, 0) is 25.1 Å². The lowest BCUT2D eigenvalue weighted by Gasteiger charge is -2.11. The molecule has 2 rings (SSSR count). The average molecular weight is 391 g/mol. The van der Waals surface area contributed by atoms with E-state index in [2.05, 4.69) is 36.8 Å². The lowest BCUT2D eigenvalue weighted by atomic mass is 10.3. The molecule has 1 amide bonds. The highest BCUT2D eigenvalue weighted by Crippen LogP contribution is 2.29. The van der Waals surface area contributed by atoms with Gasteiger partial charge in [-0.1, -0.05) is 39.0 Å². The van der Waals surface area contributed by atoms with E-state index in [-0.39, 0.29) is 11.6 Å². The summed E-state index contributed by atoms with van der Waals surface area (Å²) in [4.78, 5) is 12.1. The molecule has 1 heterocycles. The van der Waals surface area contributed by atoms with Gasteiger partial charge in [0.2, 0.25) is 11.0 Å². The Morgan fingerprint density at radius 3 is 2.86 bits per heavy atom. The number of aromatic nitrogens is 2. The van der Waals surface area contributed by atoms with Crippen LogP contribution in [0.4, 0.5) is 15.2 Å². The van der Waals surface area contributed by atoms with Crippen LogP contribution in [0.5, 0.6) is 0 Å². The van der Waals surface area contributed by atoms with Gasteiger partial charge >= 0.3 is 0 Å². The minimum absolute atomic E-state index is 0.156. The van der Waals surface area contributed by atoms with Gasteiger partial charge in [-0.25, -0.2) is 4.39 Å². The molecule has 1 atom stereocenters. The van der Waals surface area contributed by atoms with Gasteiger partial charge in [0, 0.05) is 11.5 Å². The first-order valence-corrected chi connectivity index (χ1v) is 8.42. The standard InChI is InChI=1S/C12H12BrFN4OS2/c1-6(20-12-18-17-11(15-2)21-12)10(19)16-9-4-3-7(13)5-8(9)14/h3-6H,1-2H3,(H,15,17)(H,16,19)/t6-/m1/s1. The number of nitrogens with zero attached hydrogens (tertiary/aromatic N) is 2. The quantitative estimate of drug-likeness (QED) is 0.763. The monoisotopic (exact) mass is 390 g/mol. The van der Waals surface area contributed by atoms with Gasteiger partial charge in [-0.15, -0.1) is 10.2 Å². The zero-order chi connectivity index (χ0) is 15.4. The van der Waals surface area contributed by atoms with Crippen LogP contribution in [0.3, 0.4) is 0 Å². The van der Waals surface area contributed by atoms with E-state index < -0.39 is 11.1 Å². The molecule has 0 fully saturated rings. The molecule has 2 N–H and O–H groups in total. The van der Waals surface area contributed by atoms with Crippen molar-refractivity contribution in [1.82, 2.24) is 10.2 Å². The van der Waals surface area contributed by atoms with Gasteiger partial charge in [0.25, 0.3) is 0 Å². The first-order valence-electron chi connectivity index (χ1n) is 5.93. The molecule has 2 aromatic rings. The van der Waals surface area contributed by atoms with Crippen molar-refractivity contribution in [2.75, 3.05) is 17.7 Å². The zero-order valence-corrected chi connectivity index (χ0v) is 14.4. The van der Waals surface area contributed by atoms with Crippen molar-refractivity contribution in [3.63, 3.8) is 0 Å². The molecule has 0 bridgehead atoms. The van der Waals surface area contributed by atoms with Gasteiger partial charge in [-0.2, -0.15) is 0 Å². The fraction of sp³-hybridized carbons (Fsp3) is 0.250. The molecule has 9 heteroatoms. The molecule has 0 saturated heterocycles. The van der Waals surface area contributed by atoms with E-state index in [1.54, 1.807) is 20.0 Å². The Balaban J connectivity index is 1.99. The van der Waals surface area contributed by atoms with Crippen LogP contribution < -0.4 is 10.6 Å². The Bertz CT molecular complexity index is 652. The number of carbonyl (C=O) groups is 1. The normalized spacial score (nSPS) is 12.0. The maximum atomic E-state index is 13.7. The summed E-state index contributed by atoms with van der Waals surface area (Å²) >= 11 is 5.80. The van der Waals surface area contributed by atoms with Crippen LogP contribution in [0, 0.1) is 5.82 Å². The van der Waals surface area contributed by atoms with E-state index in [0.29, 0.717) is 13.9 Å². The summed E-state index contributed by atoms with van der Waals surface area (Å²) < 4.78 is 15.0. The summed E-state index contributed by atoms with van der Waals surface area (Å²) in [5.74, 6) is -0.772. The van der Waals surface area contributed by atoms with E-state index >= 15 is 0 Å². The van der Waals surface area contributed by atoms with Crippen LogP contribution in [-0.4, -0.2) is 28.4 Å². The van der Waals surface area contributed by atoms with Gasteiger partial charge in [0.1, 0.15) is 5.82 Å². The van der Waals surface area contributed by atoms with Crippen LogP contribution in [0.2, 0.25) is 0 Å². The third kappa shape index (κ3) is 4.39. The number of thioether (sulfide) groups is 1. The highest BCUT2D eigenvalue weighted by molar-refractivity contribution is 9.10. The van der Waals surface area contributed by atoms with Crippen molar-refractivity contribution in [1.29, 1.82) is 0 Å². The van der Waals surface area contributed by atoms with Crippen molar-refractivity contribution in [3.8, 4) is 0 Å². The summed E-state index contributed by atoms with van der Waals surface area (Å²) in [6.07, 6.45) is 0. The smallest absolute Gasteiger partial charge is 0.237 e. The van der Waals surface area contributed by atoms with Gasteiger partial charge < -0.3 is 10.6 Å². The van der Waals surface area contributed by atoms with E-state index in [4.69, 9.17) is 0 Å². The summed E-state index contributed by atoms with van der Waals surface area (Å²) in [6, 6.07) is 4.48. The number of halogens is 2. The number of hydrogen-bond donors (Lipinski definition) is 2.